The van der Waals surface area contributed by atoms with Crippen molar-refractivity contribution in [3.05, 3.63) is 58.9 Å². The predicted molar refractivity (Wildman–Crippen MR) is 117 cm³/mol. The summed E-state index contributed by atoms with van der Waals surface area (Å²) in [6, 6.07) is 9.64. The molecule has 2 heterocycles. The number of aromatic hydroxyl groups is 1. The van der Waals surface area contributed by atoms with Crippen LogP contribution < -0.4 is 5.32 Å². The Balaban J connectivity index is 1.68. The summed E-state index contributed by atoms with van der Waals surface area (Å²) in [6.45, 7) is 4.20. The number of carbonyl (C=O) groups excluding carboxylic acids is 2. The van der Waals surface area contributed by atoms with E-state index < -0.39 is 6.04 Å². The first-order valence-corrected chi connectivity index (χ1v) is 10.5. The van der Waals surface area contributed by atoms with Gasteiger partial charge in [-0.15, -0.1) is 0 Å². The summed E-state index contributed by atoms with van der Waals surface area (Å²) >= 11 is 6.57. The molecule has 2 N–H and O–H groups in total. The largest absolute Gasteiger partial charge is 0.508 e. The van der Waals surface area contributed by atoms with E-state index in [2.05, 4.69) is 5.32 Å². The lowest BCUT2D eigenvalue weighted by Gasteiger charge is -2.29. The van der Waals surface area contributed by atoms with Crippen LogP contribution in [0.4, 0.5) is 0 Å². The number of benzene rings is 1. The highest BCUT2D eigenvalue weighted by atomic mass is 32.2. The van der Waals surface area contributed by atoms with Gasteiger partial charge in [-0.2, -0.15) is 0 Å². The Morgan fingerprint density at radius 2 is 2.03 bits per heavy atom. The van der Waals surface area contributed by atoms with Gasteiger partial charge in [-0.05, 0) is 42.2 Å². The third kappa shape index (κ3) is 5.07. The van der Waals surface area contributed by atoms with Gasteiger partial charge in [-0.1, -0.05) is 50.0 Å². The van der Waals surface area contributed by atoms with Crippen LogP contribution in [0.15, 0.2) is 52.0 Å². The molecule has 29 heavy (non-hydrogen) atoms. The number of rotatable bonds is 7. The van der Waals surface area contributed by atoms with Crippen molar-refractivity contribution in [1.82, 2.24) is 10.2 Å². The Bertz CT molecular complexity index is 921. The molecule has 1 aromatic heterocycles. The highest BCUT2D eigenvalue weighted by molar-refractivity contribution is 8.26. The van der Waals surface area contributed by atoms with Gasteiger partial charge in [0.1, 0.15) is 21.9 Å². The molecule has 0 radical (unpaired) electrons. The lowest BCUT2D eigenvalue weighted by molar-refractivity contribution is -0.134. The van der Waals surface area contributed by atoms with E-state index in [9.17, 15) is 14.7 Å². The zero-order valence-corrected chi connectivity index (χ0v) is 17.8. The van der Waals surface area contributed by atoms with Crippen molar-refractivity contribution >= 4 is 46.2 Å². The molecule has 2 aromatic rings. The van der Waals surface area contributed by atoms with E-state index in [0.717, 1.165) is 5.56 Å². The van der Waals surface area contributed by atoms with Crippen molar-refractivity contribution in [2.24, 2.45) is 5.92 Å². The lowest BCUT2D eigenvalue weighted by Crippen LogP contribution is -2.51. The minimum atomic E-state index is -0.690. The molecule has 1 aliphatic heterocycles. The molecule has 0 spiro atoms. The van der Waals surface area contributed by atoms with Gasteiger partial charge in [0.15, 0.2) is 0 Å². The number of phenols is 1. The number of hydrogen-bond acceptors (Lipinski definition) is 6. The van der Waals surface area contributed by atoms with Crippen LogP contribution in [-0.2, 0) is 16.0 Å². The van der Waals surface area contributed by atoms with Crippen LogP contribution in [0.25, 0.3) is 6.08 Å². The minimum Gasteiger partial charge on any atom is -0.508 e. The van der Waals surface area contributed by atoms with Crippen molar-refractivity contribution in [1.29, 1.82) is 0 Å². The average Bonchev–Trinajstić information content (AvgIpc) is 3.27. The fraction of sp³-hybridized carbons (Fsp3) is 0.286. The van der Waals surface area contributed by atoms with Crippen LogP contribution in [0.3, 0.4) is 0 Å². The number of carbonyl (C=O) groups is 2. The molecule has 1 saturated heterocycles. The molecular weight excluding hydrogens is 408 g/mol. The number of furan rings is 1. The molecule has 1 atom stereocenters. The first kappa shape index (κ1) is 21.1. The molecule has 1 fully saturated rings. The molecule has 2 amide bonds. The van der Waals surface area contributed by atoms with Gasteiger partial charge in [0.25, 0.3) is 5.91 Å². The molecule has 0 unspecified atom stereocenters. The van der Waals surface area contributed by atoms with E-state index in [4.69, 9.17) is 16.6 Å². The van der Waals surface area contributed by atoms with E-state index in [1.165, 1.54) is 22.9 Å². The normalized spacial score (nSPS) is 16.7. The molecular formula is C21H22N2O4S2. The Kier molecular flexibility index (Phi) is 6.76. The van der Waals surface area contributed by atoms with Crippen molar-refractivity contribution in [3.63, 3.8) is 0 Å². The second-order valence-electron chi connectivity index (χ2n) is 6.96. The summed E-state index contributed by atoms with van der Waals surface area (Å²) in [7, 11) is 0. The van der Waals surface area contributed by atoms with Crippen LogP contribution in [-0.4, -0.2) is 38.7 Å². The van der Waals surface area contributed by atoms with E-state index in [1.54, 1.807) is 30.3 Å². The zero-order valence-electron chi connectivity index (χ0n) is 16.1. The molecule has 6 nitrogen and oxygen atoms in total. The van der Waals surface area contributed by atoms with Crippen molar-refractivity contribution in [2.45, 2.75) is 26.3 Å². The van der Waals surface area contributed by atoms with Crippen LogP contribution in [0, 0.1) is 5.92 Å². The third-order valence-corrected chi connectivity index (χ3v) is 5.80. The molecule has 0 bridgehead atoms. The van der Waals surface area contributed by atoms with Crippen LogP contribution in [0.1, 0.15) is 25.2 Å². The number of nitrogens with one attached hydrogen (secondary N) is 1. The first-order valence-electron chi connectivity index (χ1n) is 9.23. The molecule has 1 aromatic carbocycles. The molecule has 1 aliphatic rings. The summed E-state index contributed by atoms with van der Waals surface area (Å²) in [4.78, 5) is 27.6. The number of thioether (sulfide) groups is 1. The van der Waals surface area contributed by atoms with Gasteiger partial charge in [0, 0.05) is 12.6 Å². The van der Waals surface area contributed by atoms with Crippen molar-refractivity contribution in [2.75, 3.05) is 6.54 Å². The Labute approximate surface area is 179 Å². The van der Waals surface area contributed by atoms with Gasteiger partial charge in [0.2, 0.25) is 5.91 Å². The molecule has 3 rings (SSSR count). The van der Waals surface area contributed by atoms with E-state index >= 15 is 0 Å². The van der Waals surface area contributed by atoms with Gasteiger partial charge in [-0.3, -0.25) is 14.5 Å². The monoisotopic (exact) mass is 430 g/mol. The molecule has 152 valence electrons. The molecule has 8 heteroatoms. The van der Waals surface area contributed by atoms with Crippen molar-refractivity contribution < 1.29 is 19.1 Å². The highest BCUT2D eigenvalue weighted by Crippen LogP contribution is 2.35. The standard InChI is InChI=1S/C21H22N2O4S2/c1-13(2)18(19(25)22-10-9-14-5-7-15(24)8-6-14)23-20(26)17(29-21(23)28)12-16-4-3-11-27-16/h3-8,11-13,18,24H,9-10H2,1-2H3,(H,22,25)/b17-12-/t18-/m1/s1. The lowest BCUT2D eigenvalue weighted by atomic mass is 10.0. The predicted octanol–water partition coefficient (Wildman–Crippen LogP) is 3.57. The van der Waals surface area contributed by atoms with Gasteiger partial charge in [-0.25, -0.2) is 0 Å². The maximum atomic E-state index is 12.9. The Morgan fingerprint density at radius 1 is 1.31 bits per heavy atom. The van der Waals surface area contributed by atoms with Gasteiger partial charge < -0.3 is 14.8 Å². The van der Waals surface area contributed by atoms with Gasteiger partial charge >= 0.3 is 0 Å². The van der Waals surface area contributed by atoms with Crippen LogP contribution in [0.2, 0.25) is 0 Å². The smallest absolute Gasteiger partial charge is 0.267 e. The van der Waals surface area contributed by atoms with Gasteiger partial charge in [0.05, 0.1) is 11.2 Å². The second kappa shape index (κ2) is 9.28. The maximum Gasteiger partial charge on any atom is 0.267 e. The number of hydrogen-bond donors (Lipinski definition) is 2. The summed E-state index contributed by atoms with van der Waals surface area (Å²) in [6.07, 6.45) is 3.79. The summed E-state index contributed by atoms with van der Waals surface area (Å²) in [5.74, 6) is 0.117. The quantitative estimate of drug-likeness (QED) is 0.516. The Morgan fingerprint density at radius 3 is 2.66 bits per heavy atom. The summed E-state index contributed by atoms with van der Waals surface area (Å²) < 4.78 is 5.63. The molecule has 0 aliphatic carbocycles. The zero-order chi connectivity index (χ0) is 21.0. The van der Waals surface area contributed by atoms with Crippen LogP contribution in [0.5, 0.6) is 5.75 Å². The summed E-state index contributed by atoms with van der Waals surface area (Å²) in [5.41, 5.74) is 0.996. The van der Waals surface area contributed by atoms with E-state index in [1.807, 2.05) is 26.0 Å². The van der Waals surface area contributed by atoms with E-state index in [-0.39, 0.29) is 23.5 Å². The second-order valence-corrected chi connectivity index (χ2v) is 8.64. The number of phenolic OH excluding ortho intramolecular Hbond substituents is 1. The summed E-state index contributed by atoms with van der Waals surface area (Å²) in [5, 5.41) is 12.2. The number of amides is 2. The van der Waals surface area contributed by atoms with E-state index in [0.29, 0.717) is 28.0 Å². The topological polar surface area (TPSA) is 82.8 Å². The van der Waals surface area contributed by atoms with Crippen molar-refractivity contribution in [3.8, 4) is 5.75 Å². The fourth-order valence-electron chi connectivity index (χ4n) is 3.04. The number of thiocarbonyl (C=S) groups is 1. The average molecular weight is 431 g/mol. The first-order chi connectivity index (χ1) is 13.9. The number of nitrogens with zero attached hydrogens (tertiary/aromatic N) is 1. The van der Waals surface area contributed by atoms with Crippen LogP contribution >= 0.6 is 24.0 Å². The SMILES string of the molecule is CC(C)[C@H](C(=O)NCCc1ccc(O)cc1)N1C(=O)/C(=C/c2ccco2)SC1=S. The third-order valence-electron chi connectivity index (χ3n) is 4.47. The molecule has 0 saturated carbocycles. The minimum absolute atomic E-state index is 0.117. The maximum absolute atomic E-state index is 12.9. The Hall–Kier alpha value is -2.58. The highest BCUT2D eigenvalue weighted by Gasteiger charge is 2.41. The fourth-order valence-corrected chi connectivity index (χ4v) is 4.35.